The van der Waals surface area contributed by atoms with E-state index in [4.69, 9.17) is 0 Å². The van der Waals surface area contributed by atoms with Gasteiger partial charge in [-0.2, -0.15) is 9.90 Å². The second kappa shape index (κ2) is 7.07. The third-order valence-electron chi connectivity index (χ3n) is 1.41. The minimum Gasteiger partial charge on any atom is -0.383 e. The highest BCUT2D eigenvalue weighted by molar-refractivity contribution is 7.88. The monoisotopic (exact) mass is 238 g/mol. The molecule has 0 aromatic heterocycles. The van der Waals surface area contributed by atoms with Gasteiger partial charge >= 0.3 is 0 Å². The quantitative estimate of drug-likeness (QED) is 0.561. The Balaban J connectivity index is 0. The highest BCUT2D eigenvalue weighted by Gasteiger charge is 2.17. The maximum absolute atomic E-state index is 10.7. The molecule has 1 atom stereocenters. The van der Waals surface area contributed by atoms with Gasteiger partial charge in [-0.1, -0.05) is 11.8 Å². The van der Waals surface area contributed by atoms with Crippen molar-refractivity contribution >= 4 is 41.1 Å². The van der Waals surface area contributed by atoms with E-state index in [9.17, 15) is 9.59 Å². The van der Waals surface area contributed by atoms with E-state index < -0.39 is 10.9 Å². The fourth-order valence-corrected chi connectivity index (χ4v) is 0.869. The molecule has 0 bridgehead atoms. The summed E-state index contributed by atoms with van der Waals surface area (Å²) in [6.07, 6.45) is 0. The van der Waals surface area contributed by atoms with E-state index in [1.165, 1.54) is 0 Å². The summed E-state index contributed by atoms with van der Waals surface area (Å²) in [5, 5.41) is 5.26. The summed E-state index contributed by atoms with van der Waals surface area (Å²) in [7, 11) is 5.77. The SMILES string of the molecule is CNc1c(NC)c(=O)c1=O.P.P=S. The molecule has 74 valence electrons. The first-order chi connectivity index (χ1) is 5.72. The molecule has 1 rings (SSSR count). The molecule has 1 aromatic carbocycles. The molecule has 0 radical (unpaired) electrons. The fraction of sp³-hybridized carbons (Fsp3) is 0.333. The molecular formula is C6H12N2O2P2S. The Bertz CT molecular complexity index is 303. The predicted molar refractivity (Wildman–Crippen MR) is 67.2 cm³/mol. The summed E-state index contributed by atoms with van der Waals surface area (Å²) in [6.45, 7) is 0. The van der Waals surface area contributed by atoms with Crippen LogP contribution in [-0.2, 0) is 11.8 Å². The maximum atomic E-state index is 10.7. The third kappa shape index (κ3) is 2.80. The van der Waals surface area contributed by atoms with Crippen molar-refractivity contribution in [3.8, 4) is 0 Å². The molecule has 2 N–H and O–H groups in total. The molecule has 13 heavy (non-hydrogen) atoms. The second-order valence-corrected chi connectivity index (χ2v) is 1.91. The van der Waals surface area contributed by atoms with Crippen molar-refractivity contribution in [3.05, 3.63) is 20.4 Å². The number of anilines is 2. The molecule has 0 fully saturated rings. The van der Waals surface area contributed by atoms with E-state index in [1.807, 2.05) is 0 Å². The average Bonchev–Trinajstić information content (AvgIpc) is 2.15. The maximum Gasteiger partial charge on any atom is 0.253 e. The normalized spacial score (nSPS) is 7.85. The van der Waals surface area contributed by atoms with Crippen molar-refractivity contribution < 1.29 is 0 Å². The zero-order valence-electron chi connectivity index (χ0n) is 7.43. The van der Waals surface area contributed by atoms with Gasteiger partial charge in [-0.3, -0.25) is 9.59 Å². The predicted octanol–water partition coefficient (Wildman–Crippen LogP) is 0.0152. The fourth-order valence-electron chi connectivity index (χ4n) is 0.869. The zero-order chi connectivity index (χ0) is 9.72. The molecule has 0 aliphatic heterocycles. The van der Waals surface area contributed by atoms with Crippen LogP contribution in [0.5, 0.6) is 0 Å². The first kappa shape index (κ1) is 15.1. The smallest absolute Gasteiger partial charge is 0.253 e. The van der Waals surface area contributed by atoms with Crippen LogP contribution < -0.4 is 21.5 Å². The number of hydrogen-bond acceptors (Lipinski definition) is 5. The summed E-state index contributed by atoms with van der Waals surface area (Å²) in [4.78, 5) is 21.3. The molecule has 0 heterocycles. The number of nitrogens with one attached hydrogen (secondary N) is 2. The summed E-state index contributed by atoms with van der Waals surface area (Å²) < 4.78 is 0. The number of hydrogen-bond donors (Lipinski definition) is 2. The van der Waals surface area contributed by atoms with Gasteiger partial charge in [-0.15, -0.1) is 0 Å². The van der Waals surface area contributed by atoms with Crippen LogP contribution in [0.25, 0.3) is 0 Å². The van der Waals surface area contributed by atoms with Crippen LogP contribution in [0.1, 0.15) is 0 Å². The molecule has 0 amide bonds. The topological polar surface area (TPSA) is 58.2 Å². The Kier molecular flexibility index (Phi) is 8.23. The highest BCUT2D eigenvalue weighted by atomic mass is 32.4. The molecule has 1 unspecified atom stereocenters. The van der Waals surface area contributed by atoms with Crippen molar-refractivity contribution in [2.45, 2.75) is 0 Å². The van der Waals surface area contributed by atoms with Crippen LogP contribution in [0, 0.1) is 0 Å². The zero-order valence-corrected chi connectivity index (χ0v) is 10.7. The standard InChI is InChI=1S/C6H8N2O2.HPS.H3P/c1-7-3-4(8-2)6(10)5(3)9;1-2;/h7-8H,1-2H3;1H;1H3. The minimum absolute atomic E-state index is 0. The lowest BCUT2D eigenvalue weighted by atomic mass is 10.2. The van der Waals surface area contributed by atoms with Crippen molar-refractivity contribution in [3.63, 3.8) is 0 Å². The van der Waals surface area contributed by atoms with Gasteiger partial charge in [0.2, 0.25) is 0 Å². The molecule has 4 nitrogen and oxygen atoms in total. The second-order valence-electron chi connectivity index (χ2n) is 1.91. The lowest BCUT2D eigenvalue weighted by Gasteiger charge is -2.07. The van der Waals surface area contributed by atoms with E-state index in [2.05, 4.69) is 30.5 Å². The van der Waals surface area contributed by atoms with Crippen LogP contribution in [0.3, 0.4) is 0 Å². The number of rotatable bonds is 2. The molecule has 0 aliphatic carbocycles. The average molecular weight is 238 g/mol. The van der Waals surface area contributed by atoms with E-state index in [-0.39, 0.29) is 9.90 Å². The minimum atomic E-state index is -0.438. The van der Waals surface area contributed by atoms with Gasteiger partial charge in [0, 0.05) is 14.1 Å². The Morgan fingerprint density at radius 2 is 1.23 bits per heavy atom. The van der Waals surface area contributed by atoms with E-state index in [1.54, 1.807) is 14.1 Å². The van der Waals surface area contributed by atoms with Gasteiger partial charge in [-0.25, -0.2) is 0 Å². The molecule has 1 aromatic rings. The van der Waals surface area contributed by atoms with Gasteiger partial charge in [0.05, 0.1) is 0 Å². The summed E-state index contributed by atoms with van der Waals surface area (Å²) in [6, 6.07) is 0. The lowest BCUT2D eigenvalue weighted by Crippen LogP contribution is -2.35. The molecule has 7 heteroatoms. The largest absolute Gasteiger partial charge is 0.383 e. The third-order valence-corrected chi connectivity index (χ3v) is 1.41. The first-order valence-corrected chi connectivity index (χ1v) is 4.75. The molecule has 0 saturated carbocycles. The molecular weight excluding hydrogens is 226 g/mol. The van der Waals surface area contributed by atoms with E-state index in [0.717, 1.165) is 0 Å². The van der Waals surface area contributed by atoms with Gasteiger partial charge in [0.15, 0.2) is 0 Å². The molecule has 0 aliphatic rings. The van der Waals surface area contributed by atoms with Crippen LogP contribution in [0.4, 0.5) is 11.4 Å². The van der Waals surface area contributed by atoms with Crippen LogP contribution in [-0.4, -0.2) is 14.1 Å². The Morgan fingerprint density at radius 3 is 1.38 bits per heavy atom. The van der Waals surface area contributed by atoms with Gasteiger partial charge in [-0.05, 0) is 8.02 Å². The van der Waals surface area contributed by atoms with Crippen LogP contribution in [0.2, 0.25) is 0 Å². The highest BCUT2D eigenvalue weighted by Crippen LogP contribution is 2.10. The van der Waals surface area contributed by atoms with Gasteiger partial charge in [0.25, 0.3) is 10.9 Å². The summed E-state index contributed by atoms with van der Waals surface area (Å²) in [5.41, 5.74) is -0.112. The summed E-state index contributed by atoms with van der Waals surface area (Å²) in [5.74, 6) is 0. The first-order valence-electron chi connectivity index (χ1n) is 3.11. The van der Waals surface area contributed by atoms with Crippen molar-refractivity contribution in [2.24, 2.45) is 0 Å². The van der Waals surface area contributed by atoms with Gasteiger partial charge in [0.1, 0.15) is 11.4 Å². The van der Waals surface area contributed by atoms with E-state index in [0.29, 0.717) is 11.4 Å². The summed E-state index contributed by atoms with van der Waals surface area (Å²) >= 11 is 3.89. The van der Waals surface area contributed by atoms with E-state index >= 15 is 0 Å². The van der Waals surface area contributed by atoms with Crippen molar-refractivity contribution in [1.82, 2.24) is 0 Å². The van der Waals surface area contributed by atoms with Crippen molar-refractivity contribution in [2.75, 3.05) is 24.7 Å². The van der Waals surface area contributed by atoms with Gasteiger partial charge < -0.3 is 10.6 Å². The Hall–Kier alpha value is -0.370. The van der Waals surface area contributed by atoms with Crippen molar-refractivity contribution in [1.29, 1.82) is 0 Å². The molecule has 0 spiro atoms. The Labute approximate surface area is 86.7 Å². The molecule has 0 saturated heterocycles. The lowest BCUT2D eigenvalue weighted by molar-refractivity contribution is 1.32. The Morgan fingerprint density at radius 1 is 1.00 bits per heavy atom. The van der Waals surface area contributed by atoms with Crippen LogP contribution in [0.15, 0.2) is 9.59 Å². The van der Waals surface area contributed by atoms with Crippen LogP contribution >= 0.6 is 17.9 Å².